The highest BCUT2D eigenvalue weighted by Gasteiger charge is 2.52. The van der Waals surface area contributed by atoms with Gasteiger partial charge in [-0.1, -0.05) is 0 Å². The predicted molar refractivity (Wildman–Crippen MR) is 97.7 cm³/mol. The van der Waals surface area contributed by atoms with Crippen LogP contribution in [0.5, 0.6) is 11.5 Å². The van der Waals surface area contributed by atoms with E-state index in [1.165, 1.54) is 26.4 Å². The molecule has 0 radical (unpaired) electrons. The van der Waals surface area contributed by atoms with Crippen molar-refractivity contribution in [2.75, 3.05) is 20.8 Å². The Morgan fingerprint density at radius 2 is 1.58 bits per heavy atom. The second-order valence-corrected chi connectivity index (χ2v) is 7.07. The molecule has 142 valence electrons. The van der Waals surface area contributed by atoms with E-state index < -0.39 is 24.3 Å². The predicted octanol–water partition coefficient (Wildman–Crippen LogP) is 2.41. The van der Waals surface area contributed by atoms with Crippen LogP contribution in [0, 0.1) is 0 Å². The number of rotatable bonds is 6. The average Bonchev–Trinajstić information content (AvgIpc) is 2.79. The normalized spacial score (nSPS) is 18.7. The Balaban J connectivity index is 2.51. The van der Waals surface area contributed by atoms with E-state index in [0.29, 0.717) is 22.5 Å². The summed E-state index contributed by atoms with van der Waals surface area (Å²) in [6.07, 6.45) is 1.64. The van der Waals surface area contributed by atoms with Gasteiger partial charge in [-0.05, 0) is 51.4 Å². The fourth-order valence-electron chi connectivity index (χ4n) is 2.57. The molecule has 0 saturated carbocycles. The molecular weight excluding hydrogens is 339 g/mol. The third kappa shape index (κ3) is 3.72. The smallest absolute Gasteiger partial charge is 0.492 e. The van der Waals surface area contributed by atoms with Crippen LogP contribution in [0.3, 0.4) is 0 Å². The molecule has 1 heterocycles. The lowest BCUT2D eigenvalue weighted by atomic mass is 9.77. The van der Waals surface area contributed by atoms with Gasteiger partial charge in [0.15, 0.2) is 0 Å². The Bertz CT molecular complexity index is 683. The van der Waals surface area contributed by atoms with E-state index in [0.717, 1.165) is 0 Å². The number of hydrogen-bond acceptors (Lipinski definition) is 6. The fourth-order valence-corrected chi connectivity index (χ4v) is 2.57. The summed E-state index contributed by atoms with van der Waals surface area (Å²) in [6.45, 7) is 7.38. The number of aliphatic hydroxyl groups is 1. The zero-order chi connectivity index (χ0) is 19.7. The largest absolute Gasteiger partial charge is 0.496 e. The molecule has 2 N–H and O–H groups in total. The van der Waals surface area contributed by atoms with Crippen molar-refractivity contribution in [3.05, 3.63) is 28.7 Å². The van der Waals surface area contributed by atoms with E-state index in [4.69, 9.17) is 18.8 Å². The highest BCUT2D eigenvalue weighted by atomic mass is 16.7. The Morgan fingerprint density at radius 3 is 1.92 bits per heavy atom. The minimum Gasteiger partial charge on any atom is -0.496 e. The topological polar surface area (TPSA) is 94.5 Å². The van der Waals surface area contributed by atoms with Crippen LogP contribution in [-0.4, -0.2) is 55.3 Å². The first kappa shape index (κ1) is 20.3. The van der Waals surface area contributed by atoms with E-state index in [9.17, 15) is 15.0 Å². The highest BCUT2D eigenvalue weighted by molar-refractivity contribution is 6.55. The molecular formula is C18H25BO7. The quantitative estimate of drug-likeness (QED) is 0.749. The number of carboxylic acid groups (broad SMARTS) is 1. The van der Waals surface area contributed by atoms with E-state index in [2.05, 4.69) is 0 Å². The monoisotopic (exact) mass is 364 g/mol. The van der Waals surface area contributed by atoms with Crippen molar-refractivity contribution in [2.24, 2.45) is 0 Å². The number of hydrogen-bond donors (Lipinski definition) is 2. The molecule has 1 fully saturated rings. The van der Waals surface area contributed by atoms with Crippen LogP contribution in [0.2, 0.25) is 0 Å². The number of aromatic carboxylic acids is 1. The Hall–Kier alpha value is -2.03. The van der Waals surface area contributed by atoms with E-state index >= 15 is 0 Å². The molecule has 0 aliphatic carbocycles. The zero-order valence-electron chi connectivity index (χ0n) is 16.0. The fraction of sp³-hybridized carbons (Fsp3) is 0.500. The average molecular weight is 364 g/mol. The SMILES string of the molecule is COc1cc(C(=O)O)cc(OC)c1C=C(CO)B1OC(C)(C)C(C)(C)O1. The number of ether oxygens (including phenoxy) is 2. The minimum absolute atomic E-state index is 0.0389. The van der Waals surface area contributed by atoms with Crippen molar-refractivity contribution >= 4 is 19.2 Å². The third-order valence-corrected chi connectivity index (χ3v) is 4.86. The number of methoxy groups -OCH3 is 2. The van der Waals surface area contributed by atoms with Gasteiger partial charge in [-0.25, -0.2) is 4.79 Å². The van der Waals surface area contributed by atoms with Crippen LogP contribution >= 0.6 is 0 Å². The van der Waals surface area contributed by atoms with Crippen LogP contribution in [0.4, 0.5) is 0 Å². The second-order valence-electron chi connectivity index (χ2n) is 7.07. The lowest BCUT2D eigenvalue weighted by Gasteiger charge is -2.32. The van der Waals surface area contributed by atoms with Crippen molar-refractivity contribution < 1.29 is 33.8 Å². The Labute approximate surface area is 153 Å². The summed E-state index contributed by atoms with van der Waals surface area (Å²) in [5.41, 5.74) is -0.0836. The minimum atomic E-state index is -1.09. The second kappa shape index (κ2) is 7.30. The highest BCUT2D eigenvalue weighted by Crippen LogP contribution is 2.40. The molecule has 0 atom stereocenters. The Morgan fingerprint density at radius 1 is 1.12 bits per heavy atom. The van der Waals surface area contributed by atoms with E-state index in [-0.39, 0.29) is 12.2 Å². The number of carbonyl (C=O) groups is 1. The summed E-state index contributed by atoms with van der Waals surface area (Å²) in [5, 5.41) is 19.1. The van der Waals surface area contributed by atoms with Gasteiger partial charge in [0.05, 0.1) is 43.2 Å². The Kier molecular flexibility index (Phi) is 5.70. The molecule has 7 nitrogen and oxygen atoms in total. The molecule has 1 aromatic rings. The molecule has 1 aromatic carbocycles. The summed E-state index contributed by atoms with van der Waals surface area (Å²) in [5.74, 6) is -0.473. The summed E-state index contributed by atoms with van der Waals surface area (Å²) in [7, 11) is 2.13. The molecule has 2 rings (SSSR count). The van der Waals surface area contributed by atoms with Gasteiger partial charge in [0.1, 0.15) is 11.5 Å². The summed E-state index contributed by atoms with van der Waals surface area (Å²) < 4.78 is 22.6. The molecule has 0 unspecified atom stereocenters. The lowest BCUT2D eigenvalue weighted by molar-refractivity contribution is 0.00578. The number of carboxylic acids is 1. The molecule has 1 aliphatic heterocycles. The molecule has 26 heavy (non-hydrogen) atoms. The van der Waals surface area contributed by atoms with Gasteiger partial charge < -0.3 is 29.0 Å². The van der Waals surface area contributed by atoms with Crippen molar-refractivity contribution in [1.82, 2.24) is 0 Å². The molecule has 0 spiro atoms. The van der Waals surface area contributed by atoms with Crippen LogP contribution in [0.1, 0.15) is 43.6 Å². The molecule has 0 bridgehead atoms. The van der Waals surface area contributed by atoms with Crippen LogP contribution in [-0.2, 0) is 9.31 Å². The maximum Gasteiger partial charge on any atom is 0.492 e. The molecule has 8 heteroatoms. The molecule has 0 amide bonds. The molecule has 1 aliphatic rings. The lowest BCUT2D eigenvalue weighted by Crippen LogP contribution is -2.41. The van der Waals surface area contributed by atoms with E-state index in [1.54, 1.807) is 6.08 Å². The standard InChI is InChI=1S/C18H25BO7/c1-17(2)18(3,4)26-19(25-17)12(10-20)9-13-14(23-5)7-11(16(21)22)8-15(13)24-6/h7-9,20H,10H2,1-6H3,(H,21,22). The summed E-state index contributed by atoms with van der Waals surface area (Å²) in [6, 6.07) is 2.80. The van der Waals surface area contributed by atoms with Crippen molar-refractivity contribution in [3.8, 4) is 11.5 Å². The third-order valence-electron chi connectivity index (χ3n) is 4.86. The first-order chi connectivity index (χ1) is 12.1. The van der Waals surface area contributed by atoms with Gasteiger partial charge in [-0.2, -0.15) is 0 Å². The van der Waals surface area contributed by atoms with Gasteiger partial charge in [0.25, 0.3) is 0 Å². The van der Waals surface area contributed by atoms with Crippen molar-refractivity contribution in [1.29, 1.82) is 0 Å². The van der Waals surface area contributed by atoms with Crippen LogP contribution in [0.25, 0.3) is 6.08 Å². The summed E-state index contributed by atoms with van der Waals surface area (Å²) >= 11 is 0. The molecule has 0 aromatic heterocycles. The van der Waals surface area contributed by atoms with Gasteiger partial charge in [-0.15, -0.1) is 0 Å². The maximum absolute atomic E-state index is 11.3. The first-order valence-corrected chi connectivity index (χ1v) is 8.22. The van der Waals surface area contributed by atoms with Crippen LogP contribution < -0.4 is 9.47 Å². The molecule has 1 saturated heterocycles. The van der Waals surface area contributed by atoms with Gasteiger partial charge >= 0.3 is 13.1 Å². The number of aliphatic hydroxyl groups excluding tert-OH is 1. The van der Waals surface area contributed by atoms with E-state index in [1.807, 2.05) is 27.7 Å². The van der Waals surface area contributed by atoms with Crippen molar-refractivity contribution in [2.45, 2.75) is 38.9 Å². The first-order valence-electron chi connectivity index (χ1n) is 8.22. The zero-order valence-corrected chi connectivity index (χ0v) is 16.0. The van der Waals surface area contributed by atoms with Gasteiger partial charge in [-0.3, -0.25) is 0 Å². The number of benzene rings is 1. The van der Waals surface area contributed by atoms with Crippen molar-refractivity contribution in [3.63, 3.8) is 0 Å². The van der Waals surface area contributed by atoms with Gasteiger partial charge in [0.2, 0.25) is 0 Å². The van der Waals surface area contributed by atoms with Crippen LogP contribution in [0.15, 0.2) is 17.6 Å². The van der Waals surface area contributed by atoms with Gasteiger partial charge in [0, 0.05) is 0 Å². The summed E-state index contributed by atoms with van der Waals surface area (Å²) in [4.78, 5) is 11.3. The maximum atomic E-state index is 11.3.